The van der Waals surface area contributed by atoms with Gasteiger partial charge < -0.3 is 19.9 Å². The molecular weight excluding hydrogens is 450 g/mol. The molecule has 3 amide bonds. The lowest BCUT2D eigenvalue weighted by molar-refractivity contribution is -0.143. The maximum Gasteiger partial charge on any atom is 0.250 e. The number of halogens is 1. The lowest BCUT2D eigenvalue weighted by Crippen LogP contribution is -2.54. The minimum absolute atomic E-state index is 0.0218. The van der Waals surface area contributed by atoms with Gasteiger partial charge in [-0.05, 0) is 42.8 Å². The Morgan fingerprint density at radius 1 is 1.15 bits per heavy atom. The average molecular weight is 470 g/mol. The number of carbonyl (C=O) groups is 3. The van der Waals surface area contributed by atoms with Gasteiger partial charge in [-0.2, -0.15) is 0 Å². The summed E-state index contributed by atoms with van der Waals surface area (Å²) in [6, 6.07) is 9.38. The number of likely N-dealkylation sites (tertiary alicyclic amines) is 1. The van der Waals surface area contributed by atoms with Gasteiger partial charge in [0, 0.05) is 22.3 Å². The summed E-state index contributed by atoms with van der Waals surface area (Å²) in [5, 5.41) is 16.8. The van der Waals surface area contributed by atoms with Crippen LogP contribution in [0.1, 0.15) is 18.1 Å². The largest absolute Gasteiger partial charge is 0.454 e. The second-order valence-electron chi connectivity index (χ2n) is 8.82. The Morgan fingerprint density at radius 3 is 2.73 bits per heavy atom. The molecule has 0 saturated carbocycles. The summed E-state index contributed by atoms with van der Waals surface area (Å²) in [6.45, 7) is 1.68. The maximum absolute atomic E-state index is 13.7. The van der Waals surface area contributed by atoms with E-state index in [0.717, 1.165) is 0 Å². The van der Waals surface area contributed by atoms with E-state index in [-0.39, 0.29) is 13.3 Å². The van der Waals surface area contributed by atoms with E-state index in [9.17, 15) is 19.5 Å². The summed E-state index contributed by atoms with van der Waals surface area (Å²) in [5.74, 6) is -2.11. The highest BCUT2D eigenvalue weighted by molar-refractivity contribution is 6.31. The summed E-state index contributed by atoms with van der Waals surface area (Å²) < 4.78 is 10.7. The van der Waals surface area contributed by atoms with Gasteiger partial charge >= 0.3 is 0 Å². The number of anilines is 1. The van der Waals surface area contributed by atoms with Gasteiger partial charge in [0.05, 0.1) is 24.5 Å². The number of nitrogens with one attached hydrogen (secondary N) is 2. The van der Waals surface area contributed by atoms with Gasteiger partial charge in [0.25, 0.3) is 0 Å². The predicted molar refractivity (Wildman–Crippen MR) is 115 cm³/mol. The molecule has 170 valence electrons. The molecule has 2 aromatic rings. The van der Waals surface area contributed by atoms with Crippen molar-refractivity contribution in [3.63, 3.8) is 0 Å². The summed E-state index contributed by atoms with van der Waals surface area (Å²) in [4.78, 5) is 41.7. The fourth-order valence-electron chi connectivity index (χ4n) is 5.56. The fraction of sp³-hybridized carbons (Fsp3) is 0.348. The second-order valence-corrected chi connectivity index (χ2v) is 9.25. The van der Waals surface area contributed by atoms with Crippen LogP contribution < -0.4 is 20.1 Å². The van der Waals surface area contributed by atoms with Crippen LogP contribution in [0.5, 0.6) is 11.5 Å². The highest BCUT2D eigenvalue weighted by Gasteiger charge is 2.71. The molecule has 5 atom stereocenters. The SMILES string of the molecule is C[C@H](O)[C@H]1N[C@]2(C(=O)Nc3ccc(Cl)cc32)[C@@H]2C(=O)N(Cc3ccc4c(c3)OCO4)C(=O)[C@H]12. The third-order valence-corrected chi connectivity index (χ3v) is 7.24. The smallest absolute Gasteiger partial charge is 0.250 e. The van der Waals surface area contributed by atoms with E-state index in [1.165, 1.54) is 11.8 Å². The van der Waals surface area contributed by atoms with E-state index < -0.39 is 47.2 Å². The second kappa shape index (κ2) is 6.93. The van der Waals surface area contributed by atoms with Gasteiger partial charge in [-0.15, -0.1) is 0 Å². The first-order valence-corrected chi connectivity index (χ1v) is 11.0. The molecule has 2 aromatic carbocycles. The number of benzene rings is 2. The molecule has 4 aliphatic rings. The molecule has 9 nitrogen and oxygen atoms in total. The van der Waals surface area contributed by atoms with Gasteiger partial charge in [0.15, 0.2) is 11.5 Å². The Hall–Kier alpha value is -3.14. The highest BCUT2D eigenvalue weighted by Crippen LogP contribution is 2.54. The van der Waals surface area contributed by atoms with Crippen LogP contribution in [0.15, 0.2) is 36.4 Å². The van der Waals surface area contributed by atoms with Crippen LogP contribution in [-0.4, -0.2) is 46.7 Å². The van der Waals surface area contributed by atoms with Crippen molar-refractivity contribution in [2.45, 2.75) is 31.2 Å². The zero-order valence-electron chi connectivity index (χ0n) is 17.5. The topological polar surface area (TPSA) is 117 Å². The Labute approximate surface area is 193 Å². The zero-order valence-corrected chi connectivity index (χ0v) is 18.3. The molecule has 0 unspecified atom stereocenters. The first-order chi connectivity index (χ1) is 15.8. The lowest BCUT2D eigenvalue weighted by Gasteiger charge is -2.30. The van der Waals surface area contributed by atoms with E-state index in [0.29, 0.717) is 33.3 Å². The number of aliphatic hydroxyl groups is 1. The molecule has 0 aliphatic carbocycles. The summed E-state index contributed by atoms with van der Waals surface area (Å²) in [5.41, 5.74) is 0.222. The Kier molecular flexibility index (Phi) is 4.30. The van der Waals surface area contributed by atoms with E-state index in [2.05, 4.69) is 10.6 Å². The van der Waals surface area contributed by atoms with Crippen molar-refractivity contribution in [3.05, 3.63) is 52.5 Å². The first kappa shape index (κ1) is 20.5. The monoisotopic (exact) mass is 469 g/mol. The van der Waals surface area contributed by atoms with Gasteiger partial charge in [-0.3, -0.25) is 24.6 Å². The molecule has 0 aromatic heterocycles. The predicted octanol–water partition coefficient (Wildman–Crippen LogP) is 1.37. The van der Waals surface area contributed by atoms with Crippen LogP contribution in [0.25, 0.3) is 0 Å². The zero-order chi connectivity index (χ0) is 23.1. The minimum Gasteiger partial charge on any atom is -0.454 e. The third kappa shape index (κ3) is 2.70. The highest BCUT2D eigenvalue weighted by atomic mass is 35.5. The number of aliphatic hydroxyl groups excluding tert-OH is 1. The summed E-state index contributed by atoms with van der Waals surface area (Å²) in [7, 11) is 0. The molecule has 1 spiro atoms. The number of amides is 3. The van der Waals surface area contributed by atoms with E-state index in [1.807, 2.05) is 0 Å². The van der Waals surface area contributed by atoms with Gasteiger partial charge in [0.1, 0.15) is 5.54 Å². The molecule has 33 heavy (non-hydrogen) atoms. The number of nitrogens with zero attached hydrogens (tertiary/aromatic N) is 1. The Bertz CT molecular complexity index is 1230. The van der Waals surface area contributed by atoms with Crippen LogP contribution in [0.3, 0.4) is 0 Å². The van der Waals surface area contributed by atoms with E-state index in [4.69, 9.17) is 21.1 Å². The van der Waals surface area contributed by atoms with Gasteiger partial charge in [0.2, 0.25) is 24.5 Å². The Morgan fingerprint density at radius 2 is 1.94 bits per heavy atom. The van der Waals surface area contributed by atoms with Crippen molar-refractivity contribution < 1.29 is 29.0 Å². The third-order valence-electron chi connectivity index (χ3n) is 7.00. The van der Waals surface area contributed by atoms with Crippen molar-refractivity contribution in [2.24, 2.45) is 11.8 Å². The molecule has 10 heteroatoms. The van der Waals surface area contributed by atoms with Crippen molar-refractivity contribution in [1.82, 2.24) is 10.2 Å². The van der Waals surface area contributed by atoms with E-state index >= 15 is 0 Å². The number of ether oxygens (including phenoxy) is 2. The van der Waals surface area contributed by atoms with Crippen molar-refractivity contribution in [3.8, 4) is 11.5 Å². The number of carbonyl (C=O) groups excluding carboxylic acids is 3. The lowest BCUT2D eigenvalue weighted by atomic mass is 9.76. The van der Waals surface area contributed by atoms with Gasteiger partial charge in [-0.1, -0.05) is 17.7 Å². The van der Waals surface area contributed by atoms with Crippen LogP contribution >= 0.6 is 11.6 Å². The standard InChI is InChI=1S/C23H20ClN3O6/c1-10(28)19-17-18(23(26-19)13-7-12(24)3-4-14(13)25-22(23)31)21(30)27(20(17)29)8-11-2-5-15-16(6-11)33-9-32-15/h2-7,10,17-19,26,28H,8-9H2,1H3,(H,25,31)/t10-,17-,18-,19+,23-/m0/s1. The van der Waals surface area contributed by atoms with Crippen molar-refractivity contribution in [2.75, 3.05) is 12.1 Å². The van der Waals surface area contributed by atoms with Crippen LogP contribution in [0.2, 0.25) is 5.02 Å². The first-order valence-electron chi connectivity index (χ1n) is 10.6. The van der Waals surface area contributed by atoms with Crippen LogP contribution in [0.4, 0.5) is 5.69 Å². The average Bonchev–Trinajstić information content (AvgIpc) is 3.51. The molecule has 2 saturated heterocycles. The number of fused-ring (bicyclic) bond motifs is 5. The maximum atomic E-state index is 13.7. The molecule has 6 rings (SSSR count). The summed E-state index contributed by atoms with van der Waals surface area (Å²) >= 11 is 6.22. The molecule has 0 radical (unpaired) electrons. The quantitative estimate of drug-likeness (QED) is 0.581. The fourth-order valence-corrected chi connectivity index (χ4v) is 5.73. The summed E-state index contributed by atoms with van der Waals surface area (Å²) in [6.07, 6.45) is -0.977. The van der Waals surface area contributed by atoms with Crippen molar-refractivity contribution >= 4 is 35.0 Å². The number of rotatable bonds is 3. The van der Waals surface area contributed by atoms with Crippen LogP contribution in [0, 0.1) is 11.8 Å². The Balaban J connectivity index is 1.42. The molecule has 3 N–H and O–H groups in total. The van der Waals surface area contributed by atoms with E-state index in [1.54, 1.807) is 36.4 Å². The normalized spacial score (nSPS) is 30.1. The van der Waals surface area contributed by atoms with Gasteiger partial charge in [-0.25, -0.2) is 0 Å². The van der Waals surface area contributed by atoms with Crippen molar-refractivity contribution in [1.29, 1.82) is 0 Å². The minimum atomic E-state index is -1.50. The molecule has 2 fully saturated rings. The molecule has 4 aliphatic heterocycles. The molecule has 0 bridgehead atoms. The van der Waals surface area contributed by atoms with Crippen LogP contribution in [-0.2, 0) is 26.5 Å². The number of hydrogen-bond donors (Lipinski definition) is 3. The number of imide groups is 1. The molecular formula is C23H20ClN3O6. The molecule has 4 heterocycles. The number of hydrogen-bond acceptors (Lipinski definition) is 7.